The van der Waals surface area contributed by atoms with E-state index < -0.39 is 36.3 Å². The fraction of sp³-hybridized carbons (Fsp3) is 0.148. The number of anilines is 2. The van der Waals surface area contributed by atoms with Crippen LogP contribution in [-0.2, 0) is 14.3 Å². The highest BCUT2D eigenvalue weighted by molar-refractivity contribution is 6.22. The van der Waals surface area contributed by atoms with Gasteiger partial charge in [0, 0.05) is 18.3 Å². The summed E-state index contributed by atoms with van der Waals surface area (Å²) >= 11 is 0. The summed E-state index contributed by atoms with van der Waals surface area (Å²) in [6, 6.07) is 19.2. The lowest BCUT2D eigenvalue weighted by molar-refractivity contribution is -0.119. The summed E-state index contributed by atoms with van der Waals surface area (Å²) in [4.78, 5) is 62.8. The van der Waals surface area contributed by atoms with Crippen molar-refractivity contribution in [1.82, 2.24) is 4.90 Å². The lowest BCUT2D eigenvalue weighted by Gasteiger charge is -2.22. The van der Waals surface area contributed by atoms with Crippen LogP contribution in [0.25, 0.3) is 0 Å². The molecule has 0 aliphatic carbocycles. The zero-order valence-corrected chi connectivity index (χ0v) is 19.6. The molecule has 9 nitrogen and oxygen atoms in total. The van der Waals surface area contributed by atoms with E-state index in [0.29, 0.717) is 11.4 Å². The number of esters is 1. The first-order valence-electron chi connectivity index (χ1n) is 11.2. The van der Waals surface area contributed by atoms with Crippen LogP contribution >= 0.6 is 0 Å². The van der Waals surface area contributed by atoms with E-state index in [2.05, 4.69) is 10.6 Å². The van der Waals surface area contributed by atoms with Crippen molar-refractivity contribution in [2.24, 2.45) is 0 Å². The molecule has 0 unspecified atom stereocenters. The van der Waals surface area contributed by atoms with E-state index in [9.17, 15) is 24.0 Å². The molecule has 3 aromatic carbocycles. The SMILES string of the molecule is CC(=O)Nc1ccc(NC(=O)COC(=O)c2ccc3c(c2)C(=O)N([C@@H](C)c2ccccc2)C3=O)cc1. The molecule has 3 aromatic rings. The van der Waals surface area contributed by atoms with Crippen molar-refractivity contribution >= 4 is 41.0 Å². The number of carbonyl (C=O) groups is 5. The fourth-order valence-electron chi connectivity index (χ4n) is 3.87. The van der Waals surface area contributed by atoms with E-state index in [1.54, 1.807) is 31.2 Å². The highest BCUT2D eigenvalue weighted by Gasteiger charge is 2.39. The van der Waals surface area contributed by atoms with Gasteiger partial charge < -0.3 is 15.4 Å². The van der Waals surface area contributed by atoms with Gasteiger partial charge >= 0.3 is 5.97 Å². The van der Waals surface area contributed by atoms with Crippen molar-refractivity contribution in [2.45, 2.75) is 19.9 Å². The monoisotopic (exact) mass is 485 g/mol. The van der Waals surface area contributed by atoms with Crippen molar-refractivity contribution in [2.75, 3.05) is 17.2 Å². The van der Waals surface area contributed by atoms with Gasteiger partial charge in [0.05, 0.1) is 22.7 Å². The molecule has 4 amide bonds. The summed E-state index contributed by atoms with van der Waals surface area (Å²) in [7, 11) is 0. The fourth-order valence-corrected chi connectivity index (χ4v) is 3.87. The van der Waals surface area contributed by atoms with E-state index >= 15 is 0 Å². The van der Waals surface area contributed by atoms with Crippen LogP contribution in [0.15, 0.2) is 72.8 Å². The number of benzene rings is 3. The smallest absolute Gasteiger partial charge is 0.338 e. The lowest BCUT2D eigenvalue weighted by Crippen LogP contribution is -2.32. The number of carbonyl (C=O) groups excluding carboxylic acids is 5. The average molecular weight is 485 g/mol. The summed E-state index contributed by atoms with van der Waals surface area (Å²) in [5.41, 5.74) is 2.22. The van der Waals surface area contributed by atoms with Crippen LogP contribution in [0.4, 0.5) is 11.4 Å². The van der Waals surface area contributed by atoms with Crippen molar-refractivity contribution in [3.63, 3.8) is 0 Å². The number of imide groups is 1. The number of nitrogens with zero attached hydrogens (tertiary/aromatic N) is 1. The van der Waals surface area contributed by atoms with Gasteiger partial charge in [-0.2, -0.15) is 0 Å². The van der Waals surface area contributed by atoms with Crippen LogP contribution < -0.4 is 10.6 Å². The summed E-state index contributed by atoms with van der Waals surface area (Å²) in [6.45, 7) is 2.60. The molecule has 0 saturated carbocycles. The molecule has 0 bridgehead atoms. The molecule has 1 atom stereocenters. The van der Waals surface area contributed by atoms with Crippen molar-refractivity contribution in [1.29, 1.82) is 0 Å². The normalized spacial score (nSPS) is 13.1. The number of rotatable bonds is 7. The van der Waals surface area contributed by atoms with Crippen LogP contribution in [0.1, 0.15) is 56.5 Å². The second kappa shape index (κ2) is 10.2. The Morgan fingerprint density at radius 3 is 2.08 bits per heavy atom. The quantitative estimate of drug-likeness (QED) is 0.388. The van der Waals surface area contributed by atoms with E-state index in [-0.39, 0.29) is 22.6 Å². The summed E-state index contributed by atoms with van der Waals surface area (Å²) < 4.78 is 5.09. The third-order valence-electron chi connectivity index (χ3n) is 5.65. The molecule has 182 valence electrons. The number of amides is 4. The third kappa shape index (κ3) is 5.15. The number of hydrogen-bond acceptors (Lipinski definition) is 6. The maximum absolute atomic E-state index is 13.0. The molecule has 1 heterocycles. The van der Waals surface area contributed by atoms with Crippen LogP contribution in [0, 0.1) is 0 Å². The van der Waals surface area contributed by atoms with Gasteiger partial charge in [-0.25, -0.2) is 4.79 Å². The van der Waals surface area contributed by atoms with Gasteiger partial charge in [-0.15, -0.1) is 0 Å². The number of fused-ring (bicyclic) bond motifs is 1. The first-order chi connectivity index (χ1) is 17.2. The largest absolute Gasteiger partial charge is 0.452 e. The summed E-state index contributed by atoms with van der Waals surface area (Å²) in [5.74, 6) is -2.51. The van der Waals surface area contributed by atoms with Gasteiger partial charge in [0.1, 0.15) is 0 Å². The Balaban J connectivity index is 1.38. The Kier molecular flexibility index (Phi) is 6.91. The van der Waals surface area contributed by atoms with Gasteiger partial charge in [0.15, 0.2) is 6.61 Å². The molecule has 0 radical (unpaired) electrons. The molecule has 0 spiro atoms. The van der Waals surface area contributed by atoms with E-state index in [1.165, 1.54) is 30.0 Å². The number of hydrogen-bond donors (Lipinski definition) is 2. The lowest BCUT2D eigenvalue weighted by atomic mass is 10.1. The summed E-state index contributed by atoms with van der Waals surface area (Å²) in [6.07, 6.45) is 0. The Labute approximate surface area is 207 Å². The van der Waals surface area contributed by atoms with Crippen LogP contribution in [0.5, 0.6) is 0 Å². The predicted octanol–water partition coefficient (Wildman–Crippen LogP) is 3.80. The molecule has 2 N–H and O–H groups in total. The molecular formula is C27H23N3O6. The molecule has 1 aliphatic rings. The number of ether oxygens (including phenoxy) is 1. The zero-order valence-electron chi connectivity index (χ0n) is 19.6. The first kappa shape index (κ1) is 24.3. The maximum atomic E-state index is 13.0. The standard InChI is InChI=1S/C27H23N3O6/c1-16(18-6-4-3-5-7-18)30-25(33)22-13-8-19(14-23(22)26(30)34)27(35)36-15-24(32)29-21-11-9-20(10-12-21)28-17(2)31/h3-14,16H,15H2,1-2H3,(H,28,31)(H,29,32)/t16-/m0/s1. The molecule has 4 rings (SSSR count). The molecule has 0 saturated heterocycles. The molecular weight excluding hydrogens is 462 g/mol. The summed E-state index contributed by atoms with van der Waals surface area (Å²) in [5, 5.41) is 5.20. The highest BCUT2D eigenvalue weighted by Crippen LogP contribution is 2.31. The predicted molar refractivity (Wildman–Crippen MR) is 131 cm³/mol. The van der Waals surface area contributed by atoms with E-state index in [0.717, 1.165) is 5.56 Å². The number of nitrogens with one attached hydrogen (secondary N) is 2. The second-order valence-corrected chi connectivity index (χ2v) is 8.21. The van der Waals surface area contributed by atoms with Crippen LogP contribution in [-0.4, -0.2) is 41.1 Å². The Morgan fingerprint density at radius 2 is 1.44 bits per heavy atom. The van der Waals surface area contributed by atoms with Crippen molar-refractivity contribution < 1.29 is 28.7 Å². The topological polar surface area (TPSA) is 122 Å². The zero-order chi connectivity index (χ0) is 25.8. The Bertz CT molecular complexity index is 1350. The van der Waals surface area contributed by atoms with Gasteiger partial charge in [-0.1, -0.05) is 30.3 Å². The van der Waals surface area contributed by atoms with Gasteiger partial charge in [0.2, 0.25) is 5.91 Å². The molecule has 9 heteroatoms. The molecule has 36 heavy (non-hydrogen) atoms. The minimum absolute atomic E-state index is 0.0524. The maximum Gasteiger partial charge on any atom is 0.338 e. The highest BCUT2D eigenvalue weighted by atomic mass is 16.5. The Morgan fingerprint density at radius 1 is 0.833 bits per heavy atom. The van der Waals surface area contributed by atoms with Crippen LogP contribution in [0.2, 0.25) is 0 Å². The molecule has 0 aromatic heterocycles. The van der Waals surface area contributed by atoms with Crippen molar-refractivity contribution in [3.8, 4) is 0 Å². The first-order valence-corrected chi connectivity index (χ1v) is 11.2. The van der Waals surface area contributed by atoms with E-state index in [1.807, 2.05) is 30.3 Å². The van der Waals surface area contributed by atoms with Gasteiger partial charge in [-0.3, -0.25) is 24.1 Å². The van der Waals surface area contributed by atoms with Gasteiger partial charge in [-0.05, 0) is 55.0 Å². The average Bonchev–Trinajstić information content (AvgIpc) is 3.12. The minimum atomic E-state index is -0.802. The molecule has 1 aliphatic heterocycles. The van der Waals surface area contributed by atoms with Crippen molar-refractivity contribution in [3.05, 3.63) is 95.1 Å². The van der Waals surface area contributed by atoms with Crippen LogP contribution in [0.3, 0.4) is 0 Å². The van der Waals surface area contributed by atoms with Gasteiger partial charge in [0.25, 0.3) is 17.7 Å². The Hall–Kier alpha value is -4.79. The third-order valence-corrected chi connectivity index (χ3v) is 5.65. The van der Waals surface area contributed by atoms with E-state index in [4.69, 9.17) is 4.74 Å². The second-order valence-electron chi connectivity index (χ2n) is 8.21. The molecule has 0 fully saturated rings. The minimum Gasteiger partial charge on any atom is -0.452 e.